The van der Waals surface area contributed by atoms with Gasteiger partial charge in [0.2, 0.25) is 0 Å². The summed E-state index contributed by atoms with van der Waals surface area (Å²) in [5.74, 6) is -0.457. The molecule has 0 amide bonds. The van der Waals surface area contributed by atoms with Crippen molar-refractivity contribution in [3.8, 4) is 6.07 Å². The van der Waals surface area contributed by atoms with Crippen LogP contribution in [-0.4, -0.2) is 17.5 Å². The third-order valence-electron chi connectivity index (χ3n) is 2.65. The molecule has 100 valence electrons. The number of nitrogens with zero attached hydrogens (tertiary/aromatic N) is 2. The van der Waals surface area contributed by atoms with Gasteiger partial charge in [0.05, 0.1) is 29.6 Å². The highest BCUT2D eigenvalue weighted by atomic mass is 16.6. The molecule has 0 bridgehead atoms. The van der Waals surface area contributed by atoms with E-state index >= 15 is 0 Å². The van der Waals surface area contributed by atoms with E-state index in [0.717, 1.165) is 0 Å². The molecule has 19 heavy (non-hydrogen) atoms. The average Bonchev–Trinajstić information content (AvgIpc) is 2.37. The monoisotopic (exact) mass is 262 g/mol. The van der Waals surface area contributed by atoms with Gasteiger partial charge in [-0.05, 0) is 24.5 Å². The number of carbonyl (C=O) groups is 1. The van der Waals surface area contributed by atoms with E-state index in [-0.39, 0.29) is 24.3 Å². The Morgan fingerprint density at radius 3 is 2.63 bits per heavy atom. The van der Waals surface area contributed by atoms with E-state index in [0.29, 0.717) is 17.5 Å². The first-order valence-corrected chi connectivity index (χ1v) is 5.89. The highest BCUT2D eigenvalue weighted by Crippen LogP contribution is 2.23. The molecule has 0 heterocycles. The van der Waals surface area contributed by atoms with E-state index in [1.807, 2.05) is 13.0 Å². The van der Waals surface area contributed by atoms with Gasteiger partial charge in [0.15, 0.2) is 0 Å². The van der Waals surface area contributed by atoms with Gasteiger partial charge in [-0.25, -0.2) is 0 Å². The Balaban J connectivity index is 3.26. The van der Waals surface area contributed by atoms with Crippen LogP contribution in [0.3, 0.4) is 0 Å². The molecule has 1 aromatic carbocycles. The van der Waals surface area contributed by atoms with Crippen molar-refractivity contribution in [1.29, 1.82) is 5.26 Å². The fourth-order valence-electron chi connectivity index (χ4n) is 1.86. The number of hydrogen-bond donors (Lipinski definition) is 0. The topological polar surface area (TPSA) is 93.2 Å². The van der Waals surface area contributed by atoms with Crippen LogP contribution >= 0.6 is 0 Å². The molecule has 0 aliphatic heterocycles. The van der Waals surface area contributed by atoms with Crippen LogP contribution in [0.25, 0.3) is 0 Å². The number of benzene rings is 1. The Morgan fingerprint density at radius 1 is 1.47 bits per heavy atom. The molecule has 0 aromatic heterocycles. The lowest BCUT2D eigenvalue weighted by molar-refractivity contribution is -0.384. The summed E-state index contributed by atoms with van der Waals surface area (Å²) in [6, 6.07) is 4.49. The lowest BCUT2D eigenvalue weighted by Gasteiger charge is -2.09. The number of carbonyl (C=O) groups excluding carboxylic acids is 1. The lowest BCUT2D eigenvalue weighted by atomic mass is 9.96. The average molecular weight is 262 g/mol. The summed E-state index contributed by atoms with van der Waals surface area (Å²) in [4.78, 5) is 21.7. The molecule has 6 heteroatoms. The molecule has 0 unspecified atom stereocenters. The zero-order valence-electron chi connectivity index (χ0n) is 10.8. The minimum Gasteiger partial charge on any atom is -0.466 e. The molecule has 0 fully saturated rings. The second-order valence-electron chi connectivity index (χ2n) is 3.84. The fourth-order valence-corrected chi connectivity index (χ4v) is 1.86. The Labute approximate surface area is 110 Å². The Bertz CT molecular complexity index is 546. The van der Waals surface area contributed by atoms with Crippen LogP contribution in [0, 0.1) is 21.4 Å². The largest absolute Gasteiger partial charge is 0.466 e. The molecule has 0 saturated carbocycles. The van der Waals surface area contributed by atoms with Crippen LogP contribution in [0.1, 0.15) is 30.5 Å². The van der Waals surface area contributed by atoms with Gasteiger partial charge in [-0.1, -0.05) is 6.92 Å². The molecule has 1 aromatic rings. The predicted octanol–water partition coefficient (Wildman–Crippen LogP) is 2.13. The van der Waals surface area contributed by atoms with Crippen molar-refractivity contribution in [2.45, 2.75) is 26.7 Å². The van der Waals surface area contributed by atoms with Crippen molar-refractivity contribution in [3.63, 3.8) is 0 Å². The zero-order valence-corrected chi connectivity index (χ0v) is 10.8. The van der Waals surface area contributed by atoms with Crippen molar-refractivity contribution >= 4 is 11.7 Å². The fraction of sp³-hybridized carbons (Fsp3) is 0.385. The minimum absolute atomic E-state index is 0.0621. The highest BCUT2D eigenvalue weighted by Gasteiger charge is 2.17. The van der Waals surface area contributed by atoms with E-state index in [1.165, 1.54) is 12.1 Å². The maximum absolute atomic E-state index is 11.5. The Kier molecular flexibility index (Phi) is 5.01. The summed E-state index contributed by atoms with van der Waals surface area (Å²) < 4.78 is 4.83. The first-order valence-electron chi connectivity index (χ1n) is 5.89. The molecular formula is C13H14N2O4. The van der Waals surface area contributed by atoms with Crippen LogP contribution in [0.4, 0.5) is 5.69 Å². The van der Waals surface area contributed by atoms with Crippen LogP contribution in [0.5, 0.6) is 0 Å². The second-order valence-corrected chi connectivity index (χ2v) is 3.84. The van der Waals surface area contributed by atoms with Crippen LogP contribution < -0.4 is 0 Å². The van der Waals surface area contributed by atoms with Crippen molar-refractivity contribution in [1.82, 2.24) is 0 Å². The molecule has 0 N–H and O–H groups in total. The number of nitro groups is 1. The van der Waals surface area contributed by atoms with Gasteiger partial charge < -0.3 is 4.74 Å². The molecule has 0 spiro atoms. The predicted molar refractivity (Wildman–Crippen MR) is 67.5 cm³/mol. The molecule has 0 radical (unpaired) electrons. The number of hydrogen-bond acceptors (Lipinski definition) is 5. The Hall–Kier alpha value is -2.42. The van der Waals surface area contributed by atoms with Gasteiger partial charge in [0.25, 0.3) is 5.69 Å². The number of nitro benzene ring substituents is 1. The van der Waals surface area contributed by atoms with E-state index in [1.54, 1.807) is 6.92 Å². The quantitative estimate of drug-likeness (QED) is 0.460. The molecular weight excluding hydrogens is 248 g/mol. The molecule has 0 aliphatic rings. The minimum atomic E-state index is -0.574. The third-order valence-corrected chi connectivity index (χ3v) is 2.65. The van der Waals surface area contributed by atoms with Gasteiger partial charge >= 0.3 is 5.97 Å². The van der Waals surface area contributed by atoms with Crippen LogP contribution in [-0.2, 0) is 22.4 Å². The van der Waals surface area contributed by atoms with Crippen molar-refractivity contribution < 1.29 is 14.5 Å². The Morgan fingerprint density at radius 2 is 2.16 bits per heavy atom. The van der Waals surface area contributed by atoms with Crippen LogP contribution in [0.2, 0.25) is 0 Å². The molecule has 0 atom stereocenters. The van der Waals surface area contributed by atoms with Gasteiger partial charge in [-0.2, -0.15) is 5.26 Å². The van der Waals surface area contributed by atoms with E-state index in [2.05, 4.69) is 0 Å². The van der Waals surface area contributed by atoms with Gasteiger partial charge in [-0.3, -0.25) is 14.9 Å². The van der Waals surface area contributed by atoms with Crippen LogP contribution in [0.15, 0.2) is 12.1 Å². The van der Waals surface area contributed by atoms with Gasteiger partial charge in [-0.15, -0.1) is 0 Å². The van der Waals surface area contributed by atoms with Gasteiger partial charge in [0.1, 0.15) is 0 Å². The third kappa shape index (κ3) is 3.52. The summed E-state index contributed by atoms with van der Waals surface area (Å²) in [5.41, 5.74) is 1.18. The SMILES string of the molecule is CCOC(=O)Cc1cc([N+](=O)[O-])cc(C#N)c1CC. The van der Waals surface area contributed by atoms with Gasteiger partial charge in [0, 0.05) is 12.1 Å². The van der Waals surface area contributed by atoms with Crippen molar-refractivity contribution in [2.75, 3.05) is 6.61 Å². The van der Waals surface area contributed by atoms with Crippen molar-refractivity contribution in [3.05, 3.63) is 38.9 Å². The molecule has 0 saturated heterocycles. The van der Waals surface area contributed by atoms with E-state index < -0.39 is 10.9 Å². The first kappa shape index (κ1) is 14.6. The summed E-state index contributed by atoms with van der Waals surface area (Å²) in [6.45, 7) is 3.77. The normalized spacial score (nSPS) is 9.74. The molecule has 1 rings (SSSR count). The second kappa shape index (κ2) is 6.50. The zero-order chi connectivity index (χ0) is 14.4. The highest BCUT2D eigenvalue weighted by molar-refractivity contribution is 5.74. The summed E-state index contributed by atoms with van der Waals surface area (Å²) >= 11 is 0. The van der Waals surface area contributed by atoms with Crippen molar-refractivity contribution in [2.24, 2.45) is 0 Å². The summed E-state index contributed by atoms with van der Waals surface area (Å²) in [6.07, 6.45) is 0.461. The lowest BCUT2D eigenvalue weighted by Crippen LogP contribution is -2.10. The number of ether oxygens (including phenoxy) is 1. The molecule has 6 nitrogen and oxygen atoms in total. The maximum Gasteiger partial charge on any atom is 0.310 e. The maximum atomic E-state index is 11.5. The number of nitriles is 1. The number of esters is 1. The van der Waals surface area contributed by atoms with E-state index in [4.69, 9.17) is 10.00 Å². The number of rotatable bonds is 5. The summed E-state index contributed by atoms with van der Waals surface area (Å²) in [7, 11) is 0. The number of non-ortho nitro benzene ring substituents is 1. The smallest absolute Gasteiger partial charge is 0.310 e. The van der Waals surface area contributed by atoms with E-state index in [9.17, 15) is 14.9 Å². The summed E-state index contributed by atoms with van der Waals surface area (Å²) in [5, 5.41) is 19.8. The standard InChI is InChI=1S/C13H14N2O4/c1-3-12-9(7-13(16)19-4-2)5-11(15(17)18)6-10(12)8-14/h5-6H,3-4,7H2,1-2H3. The first-order chi connectivity index (χ1) is 9.03. The molecule has 0 aliphatic carbocycles.